The fourth-order valence-corrected chi connectivity index (χ4v) is 2.68. The lowest BCUT2D eigenvalue weighted by Gasteiger charge is -2.27. The van der Waals surface area contributed by atoms with E-state index in [4.69, 9.17) is 14.6 Å². The van der Waals surface area contributed by atoms with E-state index >= 15 is 0 Å². The van der Waals surface area contributed by atoms with Gasteiger partial charge in [-0.1, -0.05) is 6.92 Å². The van der Waals surface area contributed by atoms with E-state index in [0.29, 0.717) is 12.0 Å². The minimum Gasteiger partial charge on any atom is -0.480 e. The quantitative estimate of drug-likeness (QED) is 0.756. The second-order valence-corrected chi connectivity index (χ2v) is 4.95. The third-order valence-corrected chi connectivity index (χ3v) is 3.72. The summed E-state index contributed by atoms with van der Waals surface area (Å²) in [7, 11) is 1.76. The Balaban J connectivity index is 2.00. The van der Waals surface area contributed by atoms with Crippen LogP contribution >= 0.6 is 0 Å². The molecular weight excluding hydrogens is 216 g/mol. The SMILES string of the molecule is CC[C@@H]1CCCO/C1=N\N1CCC[C@H]1COC. The third kappa shape index (κ3) is 3.12. The monoisotopic (exact) mass is 240 g/mol. The predicted molar refractivity (Wildman–Crippen MR) is 68.0 cm³/mol. The van der Waals surface area contributed by atoms with Gasteiger partial charge < -0.3 is 9.47 Å². The van der Waals surface area contributed by atoms with Crippen molar-refractivity contribution in [2.24, 2.45) is 11.0 Å². The summed E-state index contributed by atoms with van der Waals surface area (Å²) in [5.41, 5.74) is 0. The van der Waals surface area contributed by atoms with Gasteiger partial charge in [0.1, 0.15) is 0 Å². The Morgan fingerprint density at radius 1 is 1.41 bits per heavy atom. The Labute approximate surface area is 104 Å². The molecule has 0 aliphatic carbocycles. The lowest BCUT2D eigenvalue weighted by molar-refractivity contribution is 0.112. The molecule has 0 aromatic carbocycles. The molecule has 2 fully saturated rings. The molecule has 0 amide bonds. The number of hydrogen-bond acceptors (Lipinski definition) is 4. The first kappa shape index (κ1) is 12.7. The van der Waals surface area contributed by atoms with Gasteiger partial charge in [-0.15, -0.1) is 5.10 Å². The molecule has 0 bridgehead atoms. The molecule has 4 heteroatoms. The molecule has 2 saturated heterocycles. The molecule has 17 heavy (non-hydrogen) atoms. The van der Waals surface area contributed by atoms with E-state index in [-0.39, 0.29) is 0 Å². The molecule has 2 aliphatic heterocycles. The van der Waals surface area contributed by atoms with Gasteiger partial charge in [-0.25, -0.2) is 0 Å². The first-order chi connectivity index (χ1) is 8.35. The largest absolute Gasteiger partial charge is 0.480 e. The van der Waals surface area contributed by atoms with Gasteiger partial charge in [0, 0.05) is 19.6 Å². The zero-order chi connectivity index (χ0) is 12.1. The second kappa shape index (κ2) is 6.24. The van der Waals surface area contributed by atoms with Crippen molar-refractivity contribution in [3.8, 4) is 0 Å². The molecule has 0 radical (unpaired) electrons. The van der Waals surface area contributed by atoms with Gasteiger partial charge in [-0.2, -0.15) is 0 Å². The summed E-state index contributed by atoms with van der Waals surface area (Å²) in [4.78, 5) is 0. The van der Waals surface area contributed by atoms with Crippen molar-refractivity contribution in [3.05, 3.63) is 0 Å². The summed E-state index contributed by atoms with van der Waals surface area (Å²) in [6.07, 6.45) is 5.90. The number of ether oxygens (including phenoxy) is 2. The summed E-state index contributed by atoms with van der Waals surface area (Å²) in [6.45, 7) is 4.86. The van der Waals surface area contributed by atoms with Gasteiger partial charge in [0.25, 0.3) is 0 Å². The average molecular weight is 240 g/mol. The summed E-state index contributed by atoms with van der Waals surface area (Å²) in [5.74, 6) is 1.48. The third-order valence-electron chi connectivity index (χ3n) is 3.72. The molecule has 0 spiro atoms. The second-order valence-electron chi connectivity index (χ2n) is 4.95. The molecule has 2 rings (SSSR count). The molecule has 2 atom stereocenters. The molecule has 0 unspecified atom stereocenters. The Morgan fingerprint density at radius 3 is 3.06 bits per heavy atom. The summed E-state index contributed by atoms with van der Waals surface area (Å²) >= 11 is 0. The number of nitrogens with zero attached hydrogens (tertiary/aromatic N) is 2. The maximum atomic E-state index is 5.74. The molecule has 2 heterocycles. The highest BCUT2D eigenvalue weighted by Crippen LogP contribution is 2.23. The van der Waals surface area contributed by atoms with Crippen LogP contribution < -0.4 is 0 Å². The van der Waals surface area contributed by atoms with E-state index < -0.39 is 0 Å². The van der Waals surface area contributed by atoms with Crippen LogP contribution in [0, 0.1) is 5.92 Å². The maximum Gasteiger partial charge on any atom is 0.209 e. The van der Waals surface area contributed by atoms with E-state index in [1.807, 2.05) is 0 Å². The highest BCUT2D eigenvalue weighted by molar-refractivity contribution is 5.79. The maximum absolute atomic E-state index is 5.74. The zero-order valence-corrected chi connectivity index (χ0v) is 11.0. The lowest BCUT2D eigenvalue weighted by Crippen LogP contribution is -2.33. The number of hydrazone groups is 1. The van der Waals surface area contributed by atoms with Crippen LogP contribution in [0.1, 0.15) is 39.0 Å². The smallest absolute Gasteiger partial charge is 0.209 e. The minimum atomic E-state index is 0.440. The number of rotatable bonds is 4. The van der Waals surface area contributed by atoms with Crippen LogP contribution in [0.25, 0.3) is 0 Å². The van der Waals surface area contributed by atoms with Crippen molar-refractivity contribution in [1.29, 1.82) is 0 Å². The molecule has 98 valence electrons. The number of methoxy groups -OCH3 is 1. The first-order valence-corrected chi connectivity index (χ1v) is 6.82. The Bertz CT molecular complexity index is 268. The van der Waals surface area contributed by atoms with Crippen LogP contribution in [0.5, 0.6) is 0 Å². The zero-order valence-electron chi connectivity index (χ0n) is 11.0. The summed E-state index contributed by atoms with van der Waals surface area (Å²) in [6, 6.07) is 0.440. The molecule has 0 N–H and O–H groups in total. The Kier molecular flexibility index (Phi) is 4.66. The van der Waals surface area contributed by atoms with Crippen LogP contribution in [0.3, 0.4) is 0 Å². The van der Waals surface area contributed by atoms with E-state index in [0.717, 1.165) is 32.1 Å². The molecule has 4 nitrogen and oxygen atoms in total. The van der Waals surface area contributed by atoms with Crippen molar-refractivity contribution in [3.63, 3.8) is 0 Å². The van der Waals surface area contributed by atoms with Gasteiger partial charge >= 0.3 is 0 Å². The van der Waals surface area contributed by atoms with E-state index in [2.05, 4.69) is 11.9 Å². The first-order valence-electron chi connectivity index (χ1n) is 6.82. The summed E-state index contributed by atoms with van der Waals surface area (Å²) < 4.78 is 11.0. The lowest BCUT2D eigenvalue weighted by atomic mass is 9.98. The van der Waals surface area contributed by atoms with Crippen LogP contribution in [-0.2, 0) is 9.47 Å². The Hall–Kier alpha value is -0.770. The van der Waals surface area contributed by atoms with Gasteiger partial charge in [0.15, 0.2) is 0 Å². The van der Waals surface area contributed by atoms with Crippen LogP contribution in [-0.4, -0.2) is 43.8 Å². The molecule has 0 aromatic rings. The molecular formula is C13H24N2O2. The van der Waals surface area contributed by atoms with E-state index in [1.54, 1.807) is 7.11 Å². The topological polar surface area (TPSA) is 34.1 Å². The van der Waals surface area contributed by atoms with Crippen LogP contribution in [0.2, 0.25) is 0 Å². The van der Waals surface area contributed by atoms with Crippen molar-refractivity contribution in [2.45, 2.75) is 45.1 Å². The van der Waals surface area contributed by atoms with Crippen molar-refractivity contribution < 1.29 is 9.47 Å². The van der Waals surface area contributed by atoms with Crippen molar-refractivity contribution in [2.75, 3.05) is 26.9 Å². The highest BCUT2D eigenvalue weighted by Gasteiger charge is 2.27. The van der Waals surface area contributed by atoms with Crippen molar-refractivity contribution in [1.82, 2.24) is 5.01 Å². The van der Waals surface area contributed by atoms with E-state index in [9.17, 15) is 0 Å². The minimum absolute atomic E-state index is 0.440. The highest BCUT2D eigenvalue weighted by atomic mass is 16.5. The molecule has 2 aliphatic rings. The van der Waals surface area contributed by atoms with Gasteiger partial charge in [0.05, 0.1) is 19.3 Å². The standard InChI is InChI=1S/C13H24N2O2/c1-3-11-6-5-9-17-13(11)14-15-8-4-7-12(15)10-16-2/h11-12H,3-10H2,1-2H3/b14-13-/t11-,12+/m1/s1. The fourth-order valence-electron chi connectivity index (χ4n) is 2.68. The Morgan fingerprint density at radius 2 is 2.29 bits per heavy atom. The van der Waals surface area contributed by atoms with Crippen LogP contribution in [0.4, 0.5) is 0 Å². The van der Waals surface area contributed by atoms with Crippen LogP contribution in [0.15, 0.2) is 5.10 Å². The number of hydrogen-bond donors (Lipinski definition) is 0. The van der Waals surface area contributed by atoms with Gasteiger partial charge in [-0.3, -0.25) is 5.01 Å². The average Bonchev–Trinajstić information content (AvgIpc) is 2.78. The molecule has 0 saturated carbocycles. The van der Waals surface area contributed by atoms with Gasteiger partial charge in [-0.05, 0) is 32.1 Å². The predicted octanol–water partition coefficient (Wildman–Crippen LogP) is 2.25. The van der Waals surface area contributed by atoms with E-state index in [1.165, 1.54) is 25.7 Å². The molecule has 0 aromatic heterocycles. The van der Waals surface area contributed by atoms with Crippen molar-refractivity contribution >= 4 is 5.90 Å². The summed E-state index contributed by atoms with van der Waals surface area (Å²) in [5, 5.41) is 6.91. The fraction of sp³-hybridized carbons (Fsp3) is 0.923. The normalized spacial score (nSPS) is 31.9. The van der Waals surface area contributed by atoms with Gasteiger partial charge in [0.2, 0.25) is 5.90 Å².